The minimum Gasteiger partial charge on any atom is -0.370 e. The molecule has 3 aromatic rings. The topological polar surface area (TPSA) is 107 Å². The van der Waals surface area contributed by atoms with Gasteiger partial charge in [0.25, 0.3) is 11.8 Å². The van der Waals surface area contributed by atoms with E-state index in [1.807, 2.05) is 76.2 Å². The summed E-state index contributed by atoms with van der Waals surface area (Å²) in [6, 6.07) is 21.6. The maximum Gasteiger partial charge on any atom is 0.255 e. The first-order chi connectivity index (χ1) is 18.5. The van der Waals surface area contributed by atoms with Gasteiger partial charge in [-0.05, 0) is 100 Å². The van der Waals surface area contributed by atoms with Crippen molar-refractivity contribution in [3.63, 3.8) is 0 Å². The molecule has 0 bridgehead atoms. The lowest BCUT2D eigenvalue weighted by Crippen LogP contribution is -2.24. The average molecular weight is 513 g/mol. The van der Waals surface area contributed by atoms with Gasteiger partial charge in [0.1, 0.15) is 11.7 Å². The molecule has 198 valence electrons. The van der Waals surface area contributed by atoms with E-state index in [0.717, 1.165) is 35.9 Å². The van der Waals surface area contributed by atoms with Gasteiger partial charge in [-0.1, -0.05) is 0 Å². The van der Waals surface area contributed by atoms with Gasteiger partial charge in [0.05, 0.1) is 0 Å². The SMILES string of the molecule is CCN=C(NCC)c1ccc(NC(=O)c2ccc(C(=O)Nc3ccc(C(=NCC)NCC)cc3)cc2)cc1. The monoisotopic (exact) mass is 512 g/mol. The molecular weight excluding hydrogens is 476 g/mol. The molecule has 0 radical (unpaired) electrons. The Balaban J connectivity index is 1.60. The minimum absolute atomic E-state index is 0.250. The quantitative estimate of drug-likeness (QED) is 0.228. The van der Waals surface area contributed by atoms with Crippen molar-refractivity contribution in [1.29, 1.82) is 0 Å². The number of nitrogens with one attached hydrogen (secondary N) is 4. The van der Waals surface area contributed by atoms with Gasteiger partial charge in [-0.2, -0.15) is 0 Å². The van der Waals surface area contributed by atoms with E-state index < -0.39 is 0 Å². The van der Waals surface area contributed by atoms with Gasteiger partial charge in [-0.25, -0.2) is 0 Å². The number of rotatable bonds is 10. The van der Waals surface area contributed by atoms with E-state index in [9.17, 15) is 9.59 Å². The van der Waals surface area contributed by atoms with Crippen LogP contribution in [0.25, 0.3) is 0 Å². The Morgan fingerprint density at radius 3 is 1.13 bits per heavy atom. The minimum atomic E-state index is -0.250. The Bertz CT molecular complexity index is 1160. The van der Waals surface area contributed by atoms with Gasteiger partial charge in [0.2, 0.25) is 0 Å². The fourth-order valence-corrected chi connectivity index (χ4v) is 3.75. The molecule has 0 aromatic heterocycles. The molecule has 0 saturated heterocycles. The second-order valence-electron chi connectivity index (χ2n) is 8.35. The zero-order chi connectivity index (χ0) is 27.3. The number of carbonyl (C=O) groups excluding carboxylic acids is 2. The molecule has 0 fully saturated rings. The highest BCUT2D eigenvalue weighted by atomic mass is 16.2. The number of amidine groups is 2. The number of hydrogen-bond donors (Lipinski definition) is 4. The molecule has 8 nitrogen and oxygen atoms in total. The first kappa shape index (κ1) is 28.1. The van der Waals surface area contributed by atoms with Crippen molar-refractivity contribution in [2.24, 2.45) is 9.98 Å². The third kappa shape index (κ3) is 7.77. The van der Waals surface area contributed by atoms with Crippen molar-refractivity contribution in [1.82, 2.24) is 10.6 Å². The van der Waals surface area contributed by atoms with Crippen LogP contribution in [-0.4, -0.2) is 49.7 Å². The number of aliphatic imine (C=N–C) groups is 2. The summed E-state index contributed by atoms with van der Waals surface area (Å²) in [6.07, 6.45) is 0. The van der Waals surface area contributed by atoms with Crippen LogP contribution in [-0.2, 0) is 0 Å². The Kier molecular flexibility index (Phi) is 10.6. The van der Waals surface area contributed by atoms with Gasteiger partial charge in [0.15, 0.2) is 0 Å². The fraction of sp³-hybridized carbons (Fsp3) is 0.267. The Labute approximate surface area is 224 Å². The maximum absolute atomic E-state index is 12.7. The number of hydrogen-bond acceptors (Lipinski definition) is 4. The predicted octanol–water partition coefficient (Wildman–Crippen LogP) is 4.94. The summed E-state index contributed by atoms with van der Waals surface area (Å²) >= 11 is 0. The van der Waals surface area contributed by atoms with E-state index in [1.165, 1.54) is 0 Å². The van der Waals surface area contributed by atoms with Crippen LogP contribution in [0.3, 0.4) is 0 Å². The number of amides is 2. The zero-order valence-electron chi connectivity index (χ0n) is 22.5. The molecule has 0 atom stereocenters. The lowest BCUT2D eigenvalue weighted by molar-refractivity contribution is 0.101. The lowest BCUT2D eigenvalue weighted by Gasteiger charge is -2.11. The number of nitrogens with zero attached hydrogens (tertiary/aromatic N) is 2. The Hall–Kier alpha value is -4.46. The summed E-state index contributed by atoms with van der Waals surface area (Å²) < 4.78 is 0. The highest BCUT2D eigenvalue weighted by Crippen LogP contribution is 2.15. The normalized spacial score (nSPS) is 11.6. The molecule has 0 spiro atoms. The average Bonchev–Trinajstić information content (AvgIpc) is 2.94. The van der Waals surface area contributed by atoms with E-state index >= 15 is 0 Å². The summed E-state index contributed by atoms with van der Waals surface area (Å²) in [5.41, 5.74) is 4.20. The van der Waals surface area contributed by atoms with Gasteiger partial charge >= 0.3 is 0 Å². The van der Waals surface area contributed by atoms with Crippen molar-refractivity contribution < 1.29 is 9.59 Å². The molecule has 2 amide bonds. The molecule has 0 saturated carbocycles. The molecule has 3 aromatic carbocycles. The molecule has 0 aliphatic heterocycles. The highest BCUT2D eigenvalue weighted by molar-refractivity contribution is 6.07. The van der Waals surface area contributed by atoms with Crippen molar-refractivity contribution in [2.45, 2.75) is 27.7 Å². The first-order valence-corrected chi connectivity index (χ1v) is 13.0. The summed E-state index contributed by atoms with van der Waals surface area (Å²) in [4.78, 5) is 34.4. The molecular formula is C30H36N6O2. The highest BCUT2D eigenvalue weighted by Gasteiger charge is 2.11. The smallest absolute Gasteiger partial charge is 0.255 e. The third-order valence-corrected chi connectivity index (χ3v) is 5.56. The van der Waals surface area contributed by atoms with Gasteiger partial charge in [-0.15, -0.1) is 0 Å². The Morgan fingerprint density at radius 2 is 0.842 bits per heavy atom. The zero-order valence-corrected chi connectivity index (χ0v) is 22.5. The molecule has 3 rings (SSSR count). The maximum atomic E-state index is 12.7. The number of carbonyl (C=O) groups is 2. The van der Waals surface area contributed by atoms with Crippen LogP contribution in [0.15, 0.2) is 82.8 Å². The summed E-state index contributed by atoms with van der Waals surface area (Å²) in [6.45, 7) is 11.0. The molecule has 0 unspecified atom stereocenters. The number of anilines is 2. The molecule has 0 heterocycles. The second-order valence-corrected chi connectivity index (χ2v) is 8.35. The standard InChI is InChI=1S/C30H36N6O2/c1-5-31-27(32-6-2)21-13-17-25(18-14-21)35-29(37)23-9-11-24(12-10-23)30(38)36-26-19-15-22(16-20-26)28(33-7-3)34-8-4/h9-20H,5-8H2,1-4H3,(H,31,32)(H,33,34)(H,35,37)(H,36,38). The van der Waals surface area contributed by atoms with Crippen LogP contribution < -0.4 is 21.3 Å². The summed E-state index contributed by atoms with van der Waals surface area (Å²) in [5, 5.41) is 12.3. The lowest BCUT2D eigenvalue weighted by atomic mass is 10.1. The fourth-order valence-electron chi connectivity index (χ4n) is 3.75. The molecule has 38 heavy (non-hydrogen) atoms. The van der Waals surface area contributed by atoms with Gasteiger partial charge < -0.3 is 21.3 Å². The summed E-state index contributed by atoms with van der Waals surface area (Å²) in [7, 11) is 0. The van der Waals surface area contributed by atoms with Crippen LogP contribution in [0.4, 0.5) is 11.4 Å². The van der Waals surface area contributed by atoms with Crippen molar-refractivity contribution >= 4 is 34.9 Å². The second kappa shape index (κ2) is 14.3. The molecule has 8 heteroatoms. The van der Waals surface area contributed by atoms with Crippen LogP contribution in [0.5, 0.6) is 0 Å². The summed E-state index contributed by atoms with van der Waals surface area (Å²) in [5.74, 6) is 1.17. The van der Waals surface area contributed by atoms with E-state index in [2.05, 4.69) is 31.3 Å². The van der Waals surface area contributed by atoms with Gasteiger partial charge in [-0.3, -0.25) is 19.6 Å². The van der Waals surface area contributed by atoms with Crippen molar-refractivity contribution in [3.05, 3.63) is 95.1 Å². The van der Waals surface area contributed by atoms with E-state index in [1.54, 1.807) is 24.3 Å². The Morgan fingerprint density at radius 1 is 0.526 bits per heavy atom. The number of benzene rings is 3. The van der Waals surface area contributed by atoms with E-state index in [0.29, 0.717) is 35.6 Å². The first-order valence-electron chi connectivity index (χ1n) is 13.0. The van der Waals surface area contributed by atoms with Crippen LogP contribution in [0.1, 0.15) is 59.5 Å². The van der Waals surface area contributed by atoms with Crippen molar-refractivity contribution in [3.8, 4) is 0 Å². The molecule has 0 aliphatic carbocycles. The van der Waals surface area contributed by atoms with Gasteiger partial charge in [0, 0.05) is 59.8 Å². The molecule has 4 N–H and O–H groups in total. The van der Waals surface area contributed by atoms with E-state index in [-0.39, 0.29) is 11.8 Å². The largest absolute Gasteiger partial charge is 0.370 e. The molecule has 0 aliphatic rings. The van der Waals surface area contributed by atoms with Crippen LogP contribution in [0.2, 0.25) is 0 Å². The van der Waals surface area contributed by atoms with E-state index in [4.69, 9.17) is 0 Å². The van der Waals surface area contributed by atoms with Crippen molar-refractivity contribution in [2.75, 3.05) is 36.8 Å². The predicted molar refractivity (Wildman–Crippen MR) is 157 cm³/mol. The third-order valence-electron chi connectivity index (χ3n) is 5.56. The van der Waals surface area contributed by atoms with Crippen LogP contribution in [0, 0.1) is 0 Å². The van der Waals surface area contributed by atoms with Crippen LogP contribution >= 0.6 is 0 Å².